The van der Waals surface area contributed by atoms with Crippen molar-refractivity contribution in [2.24, 2.45) is 5.41 Å². The lowest BCUT2D eigenvalue weighted by atomic mass is 9.74. The minimum Gasteiger partial charge on any atom is -0.316 e. The zero-order valence-electron chi connectivity index (χ0n) is 19.0. The monoisotopic (exact) mass is 368 g/mol. The molecule has 0 unspecified atom stereocenters. The third-order valence-corrected chi connectivity index (χ3v) is 6.64. The Balaban J connectivity index is 0.000000221. The molecule has 4 fully saturated rings. The highest BCUT2D eigenvalue weighted by Crippen LogP contribution is 2.34. The molecule has 0 saturated carbocycles. The molecule has 0 bridgehead atoms. The Morgan fingerprint density at radius 2 is 1.27 bits per heavy atom. The molecule has 2 N–H and O–H groups in total. The highest BCUT2D eigenvalue weighted by molar-refractivity contribution is 5.00. The van der Waals surface area contributed by atoms with Gasteiger partial charge in [0.15, 0.2) is 0 Å². The predicted octanol–water partition coefficient (Wildman–Crippen LogP) is 3.58. The van der Waals surface area contributed by atoms with Gasteiger partial charge in [-0.3, -0.25) is 0 Å². The SMILES string of the molecule is CC.CC.CC(C)N1CCC2(CCN2)CC1.CN1CCC2(CC1)CNC2. The first-order chi connectivity index (χ1) is 12.5. The van der Waals surface area contributed by atoms with E-state index in [1.807, 2.05) is 27.7 Å². The maximum absolute atomic E-state index is 3.59. The van der Waals surface area contributed by atoms with Crippen LogP contribution in [0, 0.1) is 5.41 Å². The van der Waals surface area contributed by atoms with Gasteiger partial charge in [-0.2, -0.15) is 0 Å². The topological polar surface area (TPSA) is 30.5 Å². The number of nitrogens with zero attached hydrogens (tertiary/aromatic N) is 2. The number of hydrogen-bond donors (Lipinski definition) is 2. The van der Waals surface area contributed by atoms with Gasteiger partial charge < -0.3 is 20.4 Å². The summed E-state index contributed by atoms with van der Waals surface area (Å²) in [6, 6.07) is 0.738. The second kappa shape index (κ2) is 11.6. The highest BCUT2D eigenvalue weighted by Gasteiger charge is 2.39. The van der Waals surface area contributed by atoms with E-state index in [9.17, 15) is 0 Å². The Kier molecular flexibility index (Phi) is 10.7. The van der Waals surface area contributed by atoms with Crippen LogP contribution in [0.3, 0.4) is 0 Å². The van der Waals surface area contributed by atoms with Gasteiger partial charge in [0.1, 0.15) is 0 Å². The van der Waals surface area contributed by atoms with Crippen molar-refractivity contribution in [3.8, 4) is 0 Å². The highest BCUT2D eigenvalue weighted by atomic mass is 15.2. The van der Waals surface area contributed by atoms with Gasteiger partial charge in [-0.15, -0.1) is 0 Å². The van der Waals surface area contributed by atoms with Crippen LogP contribution in [0.2, 0.25) is 0 Å². The van der Waals surface area contributed by atoms with Crippen LogP contribution in [0.1, 0.15) is 73.6 Å². The lowest BCUT2D eigenvalue weighted by Gasteiger charge is -2.49. The molecule has 26 heavy (non-hydrogen) atoms. The quantitative estimate of drug-likeness (QED) is 0.741. The Labute approximate surface area is 164 Å². The number of rotatable bonds is 1. The smallest absolute Gasteiger partial charge is 0.0217 e. The molecular weight excluding hydrogens is 320 g/mol. The van der Waals surface area contributed by atoms with Crippen molar-refractivity contribution in [2.45, 2.75) is 85.2 Å². The van der Waals surface area contributed by atoms with Gasteiger partial charge in [0.2, 0.25) is 0 Å². The molecule has 4 saturated heterocycles. The van der Waals surface area contributed by atoms with Crippen molar-refractivity contribution in [2.75, 3.05) is 52.9 Å². The normalized spacial score (nSPS) is 26.3. The van der Waals surface area contributed by atoms with Gasteiger partial charge in [-0.1, -0.05) is 27.7 Å². The molecule has 0 aromatic heterocycles. The van der Waals surface area contributed by atoms with E-state index in [0.717, 1.165) is 11.5 Å². The zero-order chi connectivity index (χ0) is 19.6. The first kappa shape index (κ1) is 23.9. The largest absolute Gasteiger partial charge is 0.316 e. The molecule has 0 aliphatic carbocycles. The van der Waals surface area contributed by atoms with E-state index in [0.29, 0.717) is 5.54 Å². The van der Waals surface area contributed by atoms with Crippen LogP contribution in [-0.4, -0.2) is 74.2 Å². The number of hydrogen-bond acceptors (Lipinski definition) is 4. The fraction of sp³-hybridized carbons (Fsp3) is 1.00. The molecule has 0 atom stereocenters. The van der Waals surface area contributed by atoms with Crippen LogP contribution in [0.4, 0.5) is 0 Å². The molecule has 156 valence electrons. The average molecular weight is 369 g/mol. The molecule has 0 radical (unpaired) electrons. The molecule has 4 nitrogen and oxygen atoms in total. The summed E-state index contributed by atoms with van der Waals surface area (Å²) >= 11 is 0. The second-order valence-electron chi connectivity index (χ2n) is 8.49. The Bertz CT molecular complexity index is 341. The van der Waals surface area contributed by atoms with E-state index >= 15 is 0 Å². The molecule has 4 rings (SSSR count). The Morgan fingerprint density at radius 3 is 1.58 bits per heavy atom. The van der Waals surface area contributed by atoms with Crippen molar-refractivity contribution in [1.82, 2.24) is 20.4 Å². The fourth-order valence-electron chi connectivity index (χ4n) is 4.30. The third-order valence-electron chi connectivity index (χ3n) is 6.64. The summed E-state index contributed by atoms with van der Waals surface area (Å²) in [5, 5.41) is 6.96. The van der Waals surface area contributed by atoms with Crippen LogP contribution in [-0.2, 0) is 0 Å². The van der Waals surface area contributed by atoms with Gasteiger partial charge in [0.05, 0.1) is 0 Å². The molecule has 0 aromatic carbocycles. The number of piperidine rings is 2. The molecule has 0 aromatic rings. The average Bonchev–Trinajstić information content (AvgIpc) is 2.64. The van der Waals surface area contributed by atoms with Crippen molar-refractivity contribution in [1.29, 1.82) is 0 Å². The van der Waals surface area contributed by atoms with Gasteiger partial charge in [-0.05, 0) is 78.0 Å². The number of likely N-dealkylation sites (tertiary alicyclic amines) is 2. The lowest BCUT2D eigenvalue weighted by molar-refractivity contribution is 0.0671. The molecule has 4 heteroatoms. The maximum Gasteiger partial charge on any atom is 0.0217 e. The Morgan fingerprint density at radius 1 is 0.769 bits per heavy atom. The summed E-state index contributed by atoms with van der Waals surface area (Å²) in [5.74, 6) is 0. The number of nitrogens with one attached hydrogen (secondary N) is 2. The molecule has 4 aliphatic rings. The van der Waals surface area contributed by atoms with Gasteiger partial charge in [-0.25, -0.2) is 0 Å². The standard InChI is InChI=1S/C10H20N2.C8H16N2.2C2H6/c1-9(2)12-7-4-10(5-8-12)3-6-11-10;1-10-4-2-8(3-5-10)6-9-7-8;2*1-2/h9,11H,3-8H2,1-2H3;9H,2-7H2,1H3;2*1-2H3. The summed E-state index contributed by atoms with van der Waals surface area (Å²) in [6.45, 7) is 21.6. The predicted molar refractivity (Wildman–Crippen MR) is 116 cm³/mol. The van der Waals surface area contributed by atoms with E-state index in [4.69, 9.17) is 0 Å². The van der Waals surface area contributed by atoms with Crippen LogP contribution in [0.25, 0.3) is 0 Å². The summed E-state index contributed by atoms with van der Waals surface area (Å²) in [7, 11) is 2.22. The molecule has 2 spiro atoms. The van der Waals surface area contributed by atoms with Crippen LogP contribution < -0.4 is 10.6 Å². The van der Waals surface area contributed by atoms with E-state index in [2.05, 4.69) is 41.3 Å². The van der Waals surface area contributed by atoms with E-state index < -0.39 is 0 Å². The van der Waals surface area contributed by atoms with E-state index in [-0.39, 0.29) is 0 Å². The molecular formula is C22H48N4. The molecule has 4 aliphatic heterocycles. The maximum atomic E-state index is 3.59. The van der Waals surface area contributed by atoms with Crippen LogP contribution in [0.15, 0.2) is 0 Å². The van der Waals surface area contributed by atoms with Gasteiger partial charge in [0, 0.05) is 37.8 Å². The summed E-state index contributed by atoms with van der Waals surface area (Å²) in [5.41, 5.74) is 1.30. The fourth-order valence-corrected chi connectivity index (χ4v) is 4.30. The molecule has 0 amide bonds. The van der Waals surface area contributed by atoms with E-state index in [1.165, 1.54) is 77.9 Å². The minimum atomic E-state index is 0.575. The summed E-state index contributed by atoms with van der Waals surface area (Å²) in [6.07, 6.45) is 6.97. The van der Waals surface area contributed by atoms with Gasteiger partial charge >= 0.3 is 0 Å². The zero-order valence-corrected chi connectivity index (χ0v) is 19.0. The van der Waals surface area contributed by atoms with Crippen LogP contribution >= 0.6 is 0 Å². The Hall–Kier alpha value is -0.160. The summed E-state index contributed by atoms with van der Waals surface area (Å²) < 4.78 is 0. The van der Waals surface area contributed by atoms with E-state index in [1.54, 1.807) is 0 Å². The first-order valence-corrected chi connectivity index (χ1v) is 11.4. The van der Waals surface area contributed by atoms with Crippen LogP contribution in [0.5, 0.6) is 0 Å². The minimum absolute atomic E-state index is 0.575. The van der Waals surface area contributed by atoms with Crippen molar-refractivity contribution in [3.63, 3.8) is 0 Å². The lowest BCUT2D eigenvalue weighted by Crippen LogP contribution is -2.62. The van der Waals surface area contributed by atoms with Crippen molar-refractivity contribution < 1.29 is 0 Å². The van der Waals surface area contributed by atoms with Crippen molar-refractivity contribution >= 4 is 0 Å². The summed E-state index contributed by atoms with van der Waals surface area (Å²) in [4.78, 5) is 5.02. The van der Waals surface area contributed by atoms with Crippen molar-refractivity contribution in [3.05, 3.63) is 0 Å². The van der Waals surface area contributed by atoms with Gasteiger partial charge in [0.25, 0.3) is 0 Å². The molecule has 4 heterocycles. The first-order valence-electron chi connectivity index (χ1n) is 11.4. The third kappa shape index (κ3) is 6.47. The second-order valence-corrected chi connectivity index (χ2v) is 8.49.